The molecule has 1 amide bonds. The van der Waals surface area contributed by atoms with E-state index in [1.165, 1.54) is 6.92 Å². The van der Waals surface area contributed by atoms with Gasteiger partial charge in [-0.1, -0.05) is 29.8 Å². The zero-order valence-corrected chi connectivity index (χ0v) is 11.5. The molecule has 0 heterocycles. The van der Waals surface area contributed by atoms with E-state index in [0.29, 0.717) is 5.56 Å². The quantitative estimate of drug-likeness (QED) is 0.824. The molecule has 0 saturated heterocycles. The van der Waals surface area contributed by atoms with Crippen molar-refractivity contribution in [1.29, 1.82) is 0 Å². The molecule has 1 N–H and O–H groups in total. The van der Waals surface area contributed by atoms with Gasteiger partial charge in [-0.3, -0.25) is 8.98 Å². The minimum absolute atomic E-state index is 0.0320. The number of nitrogens with one attached hydrogen (secondary N) is 1. The number of benzene rings is 1. The maximum Gasteiger partial charge on any atom is 0.293 e. The fourth-order valence-corrected chi connectivity index (χ4v) is 2.75. The molecule has 1 aromatic carbocycles. The summed E-state index contributed by atoms with van der Waals surface area (Å²) in [6.07, 6.45) is 0. The SMILES string of the molecule is CCOS(=O)(=O)C(NC(C)=O)c1ccc(C)cc1. The Bertz CT molecular complexity index is 507. The molecule has 0 saturated carbocycles. The second kappa shape index (κ2) is 5.97. The van der Waals surface area contributed by atoms with E-state index in [0.717, 1.165) is 5.56 Å². The van der Waals surface area contributed by atoms with Crippen LogP contribution in [-0.4, -0.2) is 20.9 Å². The van der Waals surface area contributed by atoms with E-state index in [1.54, 1.807) is 31.2 Å². The fraction of sp³-hybridized carbons (Fsp3) is 0.417. The molecular weight excluding hydrogens is 254 g/mol. The Labute approximate surface area is 107 Å². The summed E-state index contributed by atoms with van der Waals surface area (Å²) < 4.78 is 28.6. The molecule has 1 aromatic rings. The lowest BCUT2D eigenvalue weighted by Gasteiger charge is -2.18. The third-order valence-electron chi connectivity index (χ3n) is 2.29. The smallest absolute Gasteiger partial charge is 0.293 e. The minimum Gasteiger partial charge on any atom is -0.334 e. The molecule has 1 unspecified atom stereocenters. The van der Waals surface area contributed by atoms with Crippen LogP contribution in [-0.2, 0) is 19.1 Å². The van der Waals surface area contributed by atoms with Crippen LogP contribution in [0.2, 0.25) is 0 Å². The van der Waals surface area contributed by atoms with Crippen molar-refractivity contribution in [2.24, 2.45) is 0 Å². The van der Waals surface area contributed by atoms with E-state index in [-0.39, 0.29) is 6.61 Å². The molecule has 100 valence electrons. The average Bonchev–Trinajstić information content (AvgIpc) is 2.27. The first-order valence-electron chi connectivity index (χ1n) is 5.58. The normalized spacial score (nSPS) is 13.1. The molecule has 18 heavy (non-hydrogen) atoms. The van der Waals surface area contributed by atoms with Crippen molar-refractivity contribution >= 4 is 16.0 Å². The van der Waals surface area contributed by atoms with Crippen LogP contribution in [0.15, 0.2) is 24.3 Å². The van der Waals surface area contributed by atoms with Gasteiger partial charge in [0.1, 0.15) is 0 Å². The molecule has 0 fully saturated rings. The molecule has 6 heteroatoms. The molecule has 0 radical (unpaired) electrons. The Morgan fingerprint density at radius 3 is 2.33 bits per heavy atom. The third kappa shape index (κ3) is 3.82. The Morgan fingerprint density at radius 2 is 1.89 bits per heavy atom. The van der Waals surface area contributed by atoms with Gasteiger partial charge in [0.15, 0.2) is 5.37 Å². The van der Waals surface area contributed by atoms with Gasteiger partial charge in [0.25, 0.3) is 10.1 Å². The zero-order valence-electron chi connectivity index (χ0n) is 10.6. The number of aryl methyl sites for hydroxylation is 1. The maximum atomic E-state index is 11.9. The van der Waals surface area contributed by atoms with Gasteiger partial charge in [0.2, 0.25) is 5.91 Å². The largest absolute Gasteiger partial charge is 0.334 e. The molecule has 0 aliphatic heterocycles. The molecule has 0 bridgehead atoms. The highest BCUT2D eigenvalue weighted by Crippen LogP contribution is 2.21. The van der Waals surface area contributed by atoms with Crippen molar-refractivity contribution in [2.45, 2.75) is 26.1 Å². The number of rotatable bonds is 5. The summed E-state index contributed by atoms with van der Waals surface area (Å²) in [5.41, 5.74) is 1.48. The Balaban J connectivity index is 3.13. The van der Waals surface area contributed by atoms with Crippen LogP contribution in [0.3, 0.4) is 0 Å². The highest BCUT2D eigenvalue weighted by Gasteiger charge is 2.28. The molecule has 0 aliphatic rings. The van der Waals surface area contributed by atoms with Crippen molar-refractivity contribution in [3.8, 4) is 0 Å². The predicted octanol–water partition coefficient (Wildman–Crippen LogP) is 1.50. The fourth-order valence-electron chi connectivity index (χ4n) is 1.48. The van der Waals surface area contributed by atoms with E-state index in [9.17, 15) is 13.2 Å². The minimum atomic E-state index is -3.87. The Morgan fingerprint density at radius 1 is 1.33 bits per heavy atom. The monoisotopic (exact) mass is 271 g/mol. The topological polar surface area (TPSA) is 72.5 Å². The Hall–Kier alpha value is -1.40. The number of carbonyl (C=O) groups excluding carboxylic acids is 1. The van der Waals surface area contributed by atoms with Gasteiger partial charge >= 0.3 is 0 Å². The van der Waals surface area contributed by atoms with E-state index in [2.05, 4.69) is 5.32 Å². The predicted molar refractivity (Wildman–Crippen MR) is 68.3 cm³/mol. The van der Waals surface area contributed by atoms with Crippen LogP contribution in [0.5, 0.6) is 0 Å². The summed E-state index contributed by atoms with van der Waals surface area (Å²) in [6, 6.07) is 6.89. The van der Waals surface area contributed by atoms with Crippen LogP contribution >= 0.6 is 0 Å². The lowest BCUT2D eigenvalue weighted by Crippen LogP contribution is -2.33. The van der Waals surface area contributed by atoms with Crippen molar-refractivity contribution in [3.63, 3.8) is 0 Å². The molecule has 1 atom stereocenters. The summed E-state index contributed by atoms with van der Waals surface area (Å²) in [6.45, 7) is 4.78. The first kappa shape index (κ1) is 14.7. The van der Waals surface area contributed by atoms with Crippen LogP contribution in [0.1, 0.15) is 30.3 Å². The maximum absolute atomic E-state index is 11.9. The van der Waals surface area contributed by atoms with Gasteiger partial charge in [0.05, 0.1) is 6.61 Å². The molecular formula is C12H17NO4S. The lowest BCUT2D eigenvalue weighted by atomic mass is 10.1. The van der Waals surface area contributed by atoms with Crippen LogP contribution in [0.4, 0.5) is 0 Å². The zero-order chi connectivity index (χ0) is 13.8. The molecule has 0 spiro atoms. The molecule has 1 rings (SSSR count). The Kier molecular flexibility index (Phi) is 4.86. The summed E-state index contributed by atoms with van der Waals surface area (Å²) in [5, 5.41) is 1.22. The standard InChI is InChI=1S/C12H17NO4S/c1-4-17-18(15,16)12(13-10(3)14)11-7-5-9(2)6-8-11/h5-8,12H,4H2,1-3H3,(H,13,14). The number of amides is 1. The van der Waals surface area contributed by atoms with Gasteiger partial charge in [0, 0.05) is 6.92 Å². The molecule has 0 aliphatic carbocycles. The molecule has 0 aromatic heterocycles. The second-order valence-corrected chi connectivity index (χ2v) is 5.58. The van der Waals surface area contributed by atoms with Gasteiger partial charge < -0.3 is 5.32 Å². The van der Waals surface area contributed by atoms with E-state index < -0.39 is 21.4 Å². The molecule has 5 nitrogen and oxygen atoms in total. The van der Waals surface area contributed by atoms with Crippen molar-refractivity contribution in [3.05, 3.63) is 35.4 Å². The van der Waals surface area contributed by atoms with Crippen LogP contribution < -0.4 is 5.32 Å². The summed E-state index contributed by atoms with van der Waals surface area (Å²) in [7, 11) is -3.87. The van der Waals surface area contributed by atoms with Crippen LogP contribution in [0.25, 0.3) is 0 Å². The first-order chi connectivity index (χ1) is 8.36. The lowest BCUT2D eigenvalue weighted by molar-refractivity contribution is -0.119. The van der Waals surface area contributed by atoms with E-state index in [4.69, 9.17) is 4.18 Å². The number of hydrogen-bond acceptors (Lipinski definition) is 4. The summed E-state index contributed by atoms with van der Waals surface area (Å²) in [5.74, 6) is -0.427. The van der Waals surface area contributed by atoms with Crippen molar-refractivity contribution in [2.75, 3.05) is 6.61 Å². The number of hydrogen-bond donors (Lipinski definition) is 1. The van der Waals surface area contributed by atoms with Crippen LogP contribution in [0, 0.1) is 6.92 Å². The highest BCUT2D eigenvalue weighted by atomic mass is 32.2. The van der Waals surface area contributed by atoms with E-state index in [1.807, 2.05) is 6.92 Å². The van der Waals surface area contributed by atoms with E-state index >= 15 is 0 Å². The second-order valence-electron chi connectivity index (χ2n) is 3.89. The van der Waals surface area contributed by atoms with Gasteiger partial charge in [-0.25, -0.2) is 0 Å². The van der Waals surface area contributed by atoms with Crippen molar-refractivity contribution in [1.82, 2.24) is 5.32 Å². The number of carbonyl (C=O) groups is 1. The highest BCUT2D eigenvalue weighted by molar-refractivity contribution is 7.87. The van der Waals surface area contributed by atoms with Gasteiger partial charge in [-0.05, 0) is 19.4 Å². The first-order valence-corrected chi connectivity index (χ1v) is 7.06. The van der Waals surface area contributed by atoms with Gasteiger partial charge in [-0.15, -0.1) is 0 Å². The van der Waals surface area contributed by atoms with Crippen molar-refractivity contribution < 1.29 is 17.4 Å². The summed E-state index contributed by atoms with van der Waals surface area (Å²) in [4.78, 5) is 11.1. The third-order valence-corrected chi connectivity index (χ3v) is 3.82. The average molecular weight is 271 g/mol. The van der Waals surface area contributed by atoms with Gasteiger partial charge in [-0.2, -0.15) is 8.42 Å². The summed E-state index contributed by atoms with van der Waals surface area (Å²) >= 11 is 0.